The van der Waals surface area contributed by atoms with Crippen molar-refractivity contribution < 1.29 is 9.90 Å². The number of aliphatic hydroxyl groups excluding tert-OH is 1. The van der Waals surface area contributed by atoms with Gasteiger partial charge in [0.1, 0.15) is 0 Å². The van der Waals surface area contributed by atoms with Crippen molar-refractivity contribution in [3.8, 4) is 0 Å². The molecule has 0 aliphatic heterocycles. The van der Waals surface area contributed by atoms with Crippen molar-refractivity contribution in [1.29, 1.82) is 0 Å². The molecule has 0 radical (unpaired) electrons. The molecule has 1 aromatic rings. The van der Waals surface area contributed by atoms with Gasteiger partial charge in [-0.3, -0.25) is 0 Å². The molecule has 3 N–H and O–H groups in total. The summed E-state index contributed by atoms with van der Waals surface area (Å²) in [6.45, 7) is 0.880. The smallest absolute Gasteiger partial charge is 0.319 e. The number of carbonyl (C=O) groups excluding carboxylic acids is 1. The van der Waals surface area contributed by atoms with Crippen LogP contribution in [0.3, 0.4) is 0 Å². The lowest BCUT2D eigenvalue weighted by molar-refractivity contribution is 0.252. The van der Waals surface area contributed by atoms with Crippen LogP contribution in [0.1, 0.15) is 6.42 Å². The first-order valence-electron chi connectivity index (χ1n) is 5.08. The fourth-order valence-electron chi connectivity index (χ4n) is 1.02. The van der Waals surface area contributed by atoms with Crippen molar-refractivity contribution in [2.24, 2.45) is 0 Å². The molecule has 0 spiro atoms. The SMILES string of the molecule is O=C(NCCSCCCO)Nc1ccsc1. The topological polar surface area (TPSA) is 61.4 Å². The van der Waals surface area contributed by atoms with E-state index in [-0.39, 0.29) is 12.6 Å². The Morgan fingerprint density at radius 2 is 2.38 bits per heavy atom. The van der Waals surface area contributed by atoms with Crippen molar-refractivity contribution in [3.63, 3.8) is 0 Å². The molecule has 0 saturated carbocycles. The summed E-state index contributed by atoms with van der Waals surface area (Å²) in [6.07, 6.45) is 0.811. The molecule has 1 heterocycles. The third kappa shape index (κ3) is 5.99. The molecule has 0 fully saturated rings. The highest BCUT2D eigenvalue weighted by atomic mass is 32.2. The van der Waals surface area contributed by atoms with Gasteiger partial charge in [-0.25, -0.2) is 4.79 Å². The van der Waals surface area contributed by atoms with E-state index in [0.717, 1.165) is 23.6 Å². The maximum atomic E-state index is 11.3. The normalized spacial score (nSPS) is 10.1. The number of carbonyl (C=O) groups is 1. The number of amides is 2. The molecule has 6 heteroatoms. The van der Waals surface area contributed by atoms with Gasteiger partial charge in [-0.05, 0) is 23.6 Å². The molecular weight excluding hydrogens is 244 g/mol. The van der Waals surface area contributed by atoms with Gasteiger partial charge in [0.2, 0.25) is 0 Å². The number of urea groups is 1. The summed E-state index contributed by atoms with van der Waals surface area (Å²) in [5.74, 6) is 1.81. The zero-order chi connectivity index (χ0) is 11.6. The fourth-order valence-corrected chi connectivity index (χ4v) is 2.39. The van der Waals surface area contributed by atoms with Crippen molar-refractivity contribution in [1.82, 2.24) is 5.32 Å². The van der Waals surface area contributed by atoms with Crippen LogP contribution in [0, 0.1) is 0 Å². The van der Waals surface area contributed by atoms with Gasteiger partial charge in [-0.2, -0.15) is 23.1 Å². The summed E-state index contributed by atoms with van der Waals surface area (Å²) >= 11 is 3.28. The highest BCUT2D eigenvalue weighted by Gasteiger charge is 2.00. The Labute approximate surface area is 103 Å². The van der Waals surface area contributed by atoms with E-state index in [9.17, 15) is 4.79 Å². The first kappa shape index (κ1) is 13.3. The Hall–Kier alpha value is -0.720. The highest BCUT2D eigenvalue weighted by molar-refractivity contribution is 7.99. The molecule has 0 aliphatic rings. The minimum absolute atomic E-state index is 0.166. The second-order valence-corrected chi connectivity index (χ2v) is 5.09. The molecule has 0 unspecified atom stereocenters. The van der Waals surface area contributed by atoms with Gasteiger partial charge in [-0.15, -0.1) is 0 Å². The number of hydrogen-bond donors (Lipinski definition) is 3. The van der Waals surface area contributed by atoms with Crippen molar-refractivity contribution in [2.75, 3.05) is 30.0 Å². The first-order valence-corrected chi connectivity index (χ1v) is 7.18. The molecule has 1 aromatic heterocycles. The Kier molecular flexibility index (Phi) is 7.03. The van der Waals surface area contributed by atoms with Crippen LogP contribution in [0.15, 0.2) is 16.8 Å². The Balaban J connectivity index is 1.98. The van der Waals surface area contributed by atoms with E-state index < -0.39 is 0 Å². The molecule has 0 saturated heterocycles. The highest BCUT2D eigenvalue weighted by Crippen LogP contribution is 2.11. The molecule has 4 nitrogen and oxygen atoms in total. The first-order chi connectivity index (χ1) is 7.83. The lowest BCUT2D eigenvalue weighted by atomic mass is 10.5. The molecule has 0 aromatic carbocycles. The summed E-state index contributed by atoms with van der Waals surface area (Å²) in [7, 11) is 0. The van der Waals surface area contributed by atoms with Gasteiger partial charge in [0.25, 0.3) is 0 Å². The van der Waals surface area contributed by atoms with Gasteiger partial charge in [0.05, 0.1) is 5.69 Å². The van der Waals surface area contributed by atoms with Gasteiger partial charge in [0.15, 0.2) is 0 Å². The third-order valence-corrected chi connectivity index (χ3v) is 3.51. The number of aliphatic hydroxyl groups is 1. The number of thioether (sulfide) groups is 1. The van der Waals surface area contributed by atoms with E-state index in [0.29, 0.717) is 6.54 Å². The number of anilines is 1. The van der Waals surface area contributed by atoms with Crippen molar-refractivity contribution in [2.45, 2.75) is 6.42 Å². The third-order valence-electron chi connectivity index (χ3n) is 1.76. The average molecular weight is 260 g/mol. The minimum Gasteiger partial charge on any atom is -0.396 e. The van der Waals surface area contributed by atoms with E-state index in [2.05, 4.69) is 10.6 Å². The van der Waals surface area contributed by atoms with Crippen LogP contribution in [-0.2, 0) is 0 Å². The molecule has 90 valence electrons. The monoisotopic (exact) mass is 260 g/mol. The standard InChI is InChI=1S/C10H16N2O2S2/c13-4-1-5-15-7-3-11-10(14)12-9-2-6-16-8-9/h2,6,8,13H,1,3-5,7H2,(H2,11,12,14). The van der Waals surface area contributed by atoms with Crippen LogP contribution < -0.4 is 10.6 Å². The van der Waals surface area contributed by atoms with E-state index in [4.69, 9.17) is 5.11 Å². The molecule has 1 rings (SSSR count). The zero-order valence-electron chi connectivity index (χ0n) is 8.94. The number of hydrogen-bond acceptors (Lipinski definition) is 4. The predicted octanol–water partition coefficient (Wildman–Crippen LogP) is 1.99. The largest absolute Gasteiger partial charge is 0.396 e. The summed E-state index contributed by atoms with van der Waals surface area (Å²) < 4.78 is 0. The Bertz CT molecular complexity index is 291. The van der Waals surface area contributed by atoms with E-state index in [1.54, 1.807) is 23.1 Å². The number of rotatable bonds is 7. The lowest BCUT2D eigenvalue weighted by Crippen LogP contribution is -2.30. The minimum atomic E-state index is -0.166. The van der Waals surface area contributed by atoms with Crippen LogP contribution in [0.25, 0.3) is 0 Å². The molecule has 0 bridgehead atoms. The average Bonchev–Trinajstić information content (AvgIpc) is 2.76. The molecular formula is C10H16N2O2S2. The summed E-state index contributed by atoms with van der Waals surface area (Å²) in [5.41, 5.74) is 0.829. The fraction of sp³-hybridized carbons (Fsp3) is 0.500. The quantitative estimate of drug-likeness (QED) is 0.657. The number of nitrogens with one attached hydrogen (secondary N) is 2. The van der Waals surface area contributed by atoms with Gasteiger partial charge in [-0.1, -0.05) is 0 Å². The summed E-state index contributed by atoms with van der Waals surface area (Å²) in [6, 6.07) is 1.70. The second kappa shape index (κ2) is 8.43. The van der Waals surface area contributed by atoms with Crippen LogP contribution in [0.5, 0.6) is 0 Å². The van der Waals surface area contributed by atoms with Crippen LogP contribution in [0.2, 0.25) is 0 Å². The van der Waals surface area contributed by atoms with Crippen molar-refractivity contribution >= 4 is 34.8 Å². The molecule has 0 atom stereocenters. The predicted molar refractivity (Wildman–Crippen MR) is 70.4 cm³/mol. The van der Waals surface area contributed by atoms with Crippen LogP contribution >= 0.6 is 23.1 Å². The Morgan fingerprint density at radius 1 is 1.50 bits per heavy atom. The molecule has 2 amide bonds. The second-order valence-electron chi connectivity index (χ2n) is 3.08. The summed E-state index contributed by atoms with van der Waals surface area (Å²) in [4.78, 5) is 11.3. The summed E-state index contributed by atoms with van der Waals surface area (Å²) in [5, 5.41) is 17.9. The van der Waals surface area contributed by atoms with Gasteiger partial charge in [0, 0.05) is 24.3 Å². The maximum absolute atomic E-state index is 11.3. The van der Waals surface area contributed by atoms with Crippen molar-refractivity contribution in [3.05, 3.63) is 16.8 Å². The Morgan fingerprint density at radius 3 is 3.06 bits per heavy atom. The van der Waals surface area contributed by atoms with E-state index >= 15 is 0 Å². The lowest BCUT2D eigenvalue weighted by Gasteiger charge is -2.05. The molecule has 16 heavy (non-hydrogen) atoms. The maximum Gasteiger partial charge on any atom is 0.319 e. The van der Waals surface area contributed by atoms with Gasteiger partial charge < -0.3 is 15.7 Å². The van der Waals surface area contributed by atoms with E-state index in [1.165, 1.54) is 0 Å². The van der Waals surface area contributed by atoms with Crippen LogP contribution in [0.4, 0.5) is 10.5 Å². The molecule has 0 aliphatic carbocycles. The number of thiophene rings is 1. The van der Waals surface area contributed by atoms with Crippen LogP contribution in [-0.4, -0.2) is 35.8 Å². The zero-order valence-corrected chi connectivity index (χ0v) is 10.6. The van der Waals surface area contributed by atoms with Gasteiger partial charge >= 0.3 is 6.03 Å². The van der Waals surface area contributed by atoms with E-state index in [1.807, 2.05) is 16.8 Å².